The maximum atomic E-state index is 14.7. The summed E-state index contributed by atoms with van der Waals surface area (Å²) in [5, 5.41) is 14.9. The molecule has 0 unspecified atom stereocenters. The van der Waals surface area contributed by atoms with Gasteiger partial charge in [0, 0.05) is 38.4 Å². The number of nitriles is 1. The molecular formula is C75H61F3N4. The van der Waals surface area contributed by atoms with Crippen molar-refractivity contribution in [1.82, 2.24) is 9.13 Å². The summed E-state index contributed by atoms with van der Waals surface area (Å²) < 4.78 is 48.6. The largest absolute Gasteiger partial charge is 0.416 e. The normalized spacial score (nSPS) is 11.8. The number of aromatic nitrogens is 2. The maximum Gasteiger partial charge on any atom is 0.416 e. The van der Waals surface area contributed by atoms with Crippen molar-refractivity contribution in [3.63, 3.8) is 0 Å². The Balaban J connectivity index is 1.25. The number of aryl methyl sites for hydroxylation is 12. The van der Waals surface area contributed by atoms with Gasteiger partial charge in [0.2, 0.25) is 5.69 Å². The molecule has 0 spiro atoms. The van der Waals surface area contributed by atoms with Crippen molar-refractivity contribution in [1.29, 1.82) is 5.26 Å². The predicted octanol–water partition coefficient (Wildman–Crippen LogP) is 21.4. The number of nitrogens with zero attached hydrogens (tertiary/aromatic N) is 4. The van der Waals surface area contributed by atoms with Crippen LogP contribution in [0.3, 0.4) is 0 Å². The van der Waals surface area contributed by atoms with Crippen LogP contribution >= 0.6 is 0 Å². The Hall–Kier alpha value is -9.43. The zero-order valence-corrected chi connectivity index (χ0v) is 48.4. The second kappa shape index (κ2) is 19.7. The lowest BCUT2D eigenvalue weighted by atomic mass is 9.92. The minimum Gasteiger partial charge on any atom is -0.319 e. The molecule has 2 aromatic heterocycles. The fourth-order valence-corrected chi connectivity index (χ4v) is 14.0. The number of hydrogen-bond donors (Lipinski definition) is 0. The van der Waals surface area contributed by atoms with Gasteiger partial charge in [0.15, 0.2) is 0 Å². The molecule has 2 heterocycles. The molecule has 402 valence electrons. The fraction of sp³-hybridized carbons (Fsp3) is 0.173. The lowest BCUT2D eigenvalue weighted by Crippen LogP contribution is -2.06. The lowest BCUT2D eigenvalue weighted by Gasteiger charge is -2.21. The fourth-order valence-electron chi connectivity index (χ4n) is 14.0. The molecule has 0 amide bonds. The van der Waals surface area contributed by atoms with E-state index >= 15 is 0 Å². The van der Waals surface area contributed by atoms with E-state index in [0.717, 1.165) is 145 Å². The monoisotopic (exact) mass is 1070 g/mol. The summed E-state index contributed by atoms with van der Waals surface area (Å²) in [5.74, 6) is 0. The Morgan fingerprint density at radius 3 is 0.988 bits per heavy atom. The van der Waals surface area contributed by atoms with Crippen molar-refractivity contribution < 1.29 is 13.2 Å². The quantitative estimate of drug-likeness (QED) is 0.147. The van der Waals surface area contributed by atoms with Crippen LogP contribution in [0.4, 0.5) is 18.9 Å². The van der Waals surface area contributed by atoms with Gasteiger partial charge in [0.25, 0.3) is 0 Å². The molecule has 82 heavy (non-hydrogen) atoms. The van der Waals surface area contributed by atoms with E-state index in [1.807, 2.05) is 12.1 Å². The lowest BCUT2D eigenvalue weighted by molar-refractivity contribution is -0.137. The Kier molecular flexibility index (Phi) is 12.8. The number of hydrogen-bond acceptors (Lipinski definition) is 1. The second-order valence-corrected chi connectivity index (χ2v) is 23.0. The molecule has 0 N–H and O–H groups in total. The molecule has 0 saturated heterocycles. The summed E-state index contributed by atoms with van der Waals surface area (Å²) in [4.78, 5) is 4.43. The van der Waals surface area contributed by atoms with Crippen LogP contribution in [0.1, 0.15) is 77.9 Å². The van der Waals surface area contributed by atoms with Gasteiger partial charge in [-0.25, -0.2) is 4.85 Å². The van der Waals surface area contributed by atoms with E-state index in [0.29, 0.717) is 28.2 Å². The number of benzene rings is 10. The van der Waals surface area contributed by atoms with E-state index in [1.54, 1.807) is 0 Å². The summed E-state index contributed by atoms with van der Waals surface area (Å²) in [7, 11) is 0. The van der Waals surface area contributed by atoms with E-state index in [9.17, 15) is 25.0 Å². The van der Waals surface area contributed by atoms with Gasteiger partial charge in [0.1, 0.15) is 0 Å². The van der Waals surface area contributed by atoms with E-state index in [4.69, 9.17) is 0 Å². The van der Waals surface area contributed by atoms with Crippen LogP contribution in [0.15, 0.2) is 152 Å². The van der Waals surface area contributed by atoms with Crippen LogP contribution < -0.4 is 0 Å². The zero-order chi connectivity index (χ0) is 58.0. The van der Waals surface area contributed by atoms with E-state index in [2.05, 4.69) is 224 Å². The summed E-state index contributed by atoms with van der Waals surface area (Å²) in [6.45, 7) is 34.8. The Morgan fingerprint density at radius 2 is 0.695 bits per heavy atom. The highest BCUT2D eigenvalue weighted by Gasteiger charge is 2.32. The molecule has 0 aliphatic carbocycles. The standard InChI is InChI=1S/C75H61F3N4/c1-40-24-44(5)71(45(6)25-40)52-14-19-59-60-20-15-53(72-46(7)26-41(2)27-47(72)8)34-66(60)81(65(59)33-52)69-38-64(80-13)70(37-63(69)58-23-18-57(75(76,77)78)32-56(58)39-79)82-67-35-54(73-48(9)28-42(3)29-49(73)10)16-21-61(67)62-22-17-55(36-68(62)82)74-50(11)30-43(4)31-51(74)12/h14-38H,1-12H3. The van der Waals surface area contributed by atoms with Gasteiger partial charge in [-0.2, -0.15) is 18.4 Å². The van der Waals surface area contributed by atoms with E-state index in [-0.39, 0.29) is 5.56 Å². The number of rotatable bonds is 7. The Morgan fingerprint density at radius 1 is 0.378 bits per heavy atom. The van der Waals surface area contributed by atoms with Crippen molar-refractivity contribution in [3.8, 4) is 73.1 Å². The first-order chi connectivity index (χ1) is 39.1. The van der Waals surface area contributed by atoms with Crippen molar-refractivity contribution in [3.05, 3.63) is 241 Å². The molecule has 7 heteroatoms. The second-order valence-electron chi connectivity index (χ2n) is 23.0. The molecule has 0 radical (unpaired) electrons. The highest BCUT2D eigenvalue weighted by molar-refractivity contribution is 6.14. The summed E-state index contributed by atoms with van der Waals surface area (Å²) in [6.07, 6.45) is -4.70. The average Bonchev–Trinajstić information content (AvgIpc) is 2.08. The third-order valence-corrected chi connectivity index (χ3v) is 16.9. The Bertz CT molecular complexity index is 4510. The zero-order valence-electron chi connectivity index (χ0n) is 48.4. The van der Waals surface area contributed by atoms with Gasteiger partial charge in [-0.3, -0.25) is 0 Å². The molecule has 0 aliphatic heterocycles. The van der Waals surface area contributed by atoms with Gasteiger partial charge in [-0.1, -0.05) is 125 Å². The van der Waals surface area contributed by atoms with Crippen LogP contribution in [-0.2, 0) is 6.18 Å². The highest BCUT2D eigenvalue weighted by Crippen LogP contribution is 2.48. The molecule has 0 atom stereocenters. The van der Waals surface area contributed by atoms with Crippen molar-refractivity contribution in [2.45, 2.75) is 89.3 Å². The van der Waals surface area contributed by atoms with Crippen molar-refractivity contribution in [2.24, 2.45) is 0 Å². The van der Waals surface area contributed by atoms with Crippen LogP contribution in [0.5, 0.6) is 0 Å². The predicted molar refractivity (Wildman–Crippen MR) is 335 cm³/mol. The highest BCUT2D eigenvalue weighted by atomic mass is 19.4. The molecular weight excluding hydrogens is 1010 g/mol. The first-order valence-electron chi connectivity index (χ1n) is 27.8. The topological polar surface area (TPSA) is 38.0 Å². The number of fused-ring (bicyclic) bond motifs is 6. The molecule has 0 saturated carbocycles. The smallest absolute Gasteiger partial charge is 0.319 e. The minimum atomic E-state index is -4.70. The number of alkyl halides is 3. The van der Waals surface area contributed by atoms with Crippen LogP contribution in [0.25, 0.3) is 115 Å². The van der Waals surface area contributed by atoms with Gasteiger partial charge in [-0.15, -0.1) is 0 Å². The molecule has 4 nitrogen and oxygen atoms in total. The maximum absolute atomic E-state index is 14.7. The van der Waals surface area contributed by atoms with Crippen LogP contribution in [0.2, 0.25) is 0 Å². The molecule has 12 rings (SSSR count). The summed E-state index contributed by atoms with van der Waals surface area (Å²) in [6, 6.07) is 53.2. The van der Waals surface area contributed by atoms with Crippen molar-refractivity contribution >= 4 is 49.3 Å². The number of halogens is 3. The minimum absolute atomic E-state index is 0.140. The molecule has 0 aliphatic rings. The first kappa shape index (κ1) is 53.2. The molecule has 0 bridgehead atoms. The summed E-state index contributed by atoms with van der Waals surface area (Å²) in [5.41, 5.74) is 26.8. The van der Waals surface area contributed by atoms with Gasteiger partial charge < -0.3 is 9.13 Å². The summed E-state index contributed by atoms with van der Waals surface area (Å²) >= 11 is 0. The molecule has 0 fully saturated rings. The van der Waals surface area contributed by atoms with Gasteiger partial charge in [0.05, 0.1) is 51.5 Å². The average molecular weight is 1080 g/mol. The SMILES string of the molecule is [C-]#[N+]c1cc(-n2c3cc(-c4c(C)cc(C)cc4C)ccc3c3ccc(-c4c(C)cc(C)cc4C)cc32)c(-c2ccc(C(F)(F)F)cc2C#N)cc1-n1c2cc(-c3c(C)cc(C)cc3C)ccc2c2ccc(-c3c(C)cc(C)cc3C)cc21. The third kappa shape index (κ3) is 8.75. The van der Waals surface area contributed by atoms with Crippen LogP contribution in [-0.4, -0.2) is 9.13 Å². The molecule has 12 aromatic rings. The van der Waals surface area contributed by atoms with Crippen molar-refractivity contribution in [2.75, 3.05) is 0 Å². The third-order valence-electron chi connectivity index (χ3n) is 16.9. The molecule has 10 aromatic carbocycles. The van der Waals surface area contributed by atoms with E-state index in [1.165, 1.54) is 28.3 Å². The van der Waals surface area contributed by atoms with Gasteiger partial charge in [-0.05, 0) is 221 Å². The first-order valence-corrected chi connectivity index (χ1v) is 27.8. The van der Waals surface area contributed by atoms with Crippen LogP contribution in [0, 0.1) is 101 Å². The van der Waals surface area contributed by atoms with E-state index < -0.39 is 11.7 Å². The Labute approximate surface area is 477 Å². The van der Waals surface area contributed by atoms with Gasteiger partial charge >= 0.3 is 6.18 Å².